The Kier molecular flexibility index (Phi) is 6.99. The predicted molar refractivity (Wildman–Crippen MR) is 108 cm³/mol. The lowest BCUT2D eigenvalue weighted by Crippen LogP contribution is -2.40. The molecule has 1 fully saturated rings. The van der Waals surface area contributed by atoms with Crippen molar-refractivity contribution in [2.45, 2.75) is 51.5 Å². The van der Waals surface area contributed by atoms with Gasteiger partial charge in [0.15, 0.2) is 0 Å². The van der Waals surface area contributed by atoms with Crippen molar-refractivity contribution < 1.29 is 9.53 Å². The maximum absolute atomic E-state index is 12.4. The summed E-state index contributed by atoms with van der Waals surface area (Å²) in [4.78, 5) is 16.4. The summed E-state index contributed by atoms with van der Waals surface area (Å²) in [6.07, 6.45) is 6.90. The topological polar surface area (TPSA) is 51.2 Å². The molecule has 1 aromatic carbocycles. The largest absolute Gasteiger partial charge is 0.379 e. The molecule has 4 heteroatoms. The van der Waals surface area contributed by atoms with Crippen LogP contribution < -0.4 is 5.32 Å². The van der Waals surface area contributed by atoms with Crippen LogP contribution in [0.15, 0.2) is 48.8 Å². The van der Waals surface area contributed by atoms with E-state index in [2.05, 4.69) is 48.4 Å². The van der Waals surface area contributed by atoms with E-state index in [1.54, 1.807) is 0 Å². The molecule has 1 aliphatic rings. The molecule has 1 amide bonds. The van der Waals surface area contributed by atoms with Crippen LogP contribution in [0.25, 0.3) is 0 Å². The predicted octanol–water partition coefficient (Wildman–Crippen LogP) is 3.90. The number of rotatable bonds is 8. The van der Waals surface area contributed by atoms with Crippen LogP contribution in [0.3, 0.4) is 0 Å². The minimum absolute atomic E-state index is 0.107. The van der Waals surface area contributed by atoms with Gasteiger partial charge in [-0.3, -0.25) is 9.78 Å². The van der Waals surface area contributed by atoms with Gasteiger partial charge in [0, 0.05) is 24.7 Å². The van der Waals surface area contributed by atoms with E-state index in [0.717, 1.165) is 19.3 Å². The molecule has 1 aromatic heterocycles. The van der Waals surface area contributed by atoms with Crippen molar-refractivity contribution in [1.82, 2.24) is 10.3 Å². The first-order valence-electron chi connectivity index (χ1n) is 9.96. The molecule has 27 heavy (non-hydrogen) atoms. The number of pyridine rings is 1. The number of aryl methyl sites for hydroxylation is 1. The number of carbonyl (C=O) groups excluding carboxylic acids is 1. The monoisotopic (exact) mass is 366 g/mol. The van der Waals surface area contributed by atoms with Gasteiger partial charge in [0.25, 0.3) is 0 Å². The number of nitrogens with one attached hydrogen (secondary N) is 1. The maximum atomic E-state index is 12.4. The Labute approximate surface area is 162 Å². The number of amides is 1. The molecule has 3 rings (SSSR count). The van der Waals surface area contributed by atoms with Gasteiger partial charge in [-0.1, -0.05) is 38.1 Å². The van der Waals surface area contributed by atoms with E-state index in [-0.39, 0.29) is 11.9 Å². The normalized spacial score (nSPS) is 19.4. The standard InChI is InChI=1S/C23H30N2O2/c1-17(2)20-8-6-18(7-9-20)4-3-5-23(26)25-22-16-27-15-21(22)14-19-10-12-24-13-11-19/h6-13,17,21-22H,3-5,14-16H2,1-2H3,(H,25,26). The lowest BCUT2D eigenvalue weighted by Gasteiger charge is -2.19. The molecule has 0 aliphatic carbocycles. The van der Waals surface area contributed by atoms with E-state index in [1.807, 2.05) is 24.5 Å². The Morgan fingerprint density at radius 3 is 2.56 bits per heavy atom. The number of carbonyl (C=O) groups is 1. The molecule has 1 saturated heterocycles. The summed E-state index contributed by atoms with van der Waals surface area (Å²) in [5, 5.41) is 3.18. The van der Waals surface area contributed by atoms with Crippen LogP contribution in [-0.2, 0) is 22.4 Å². The van der Waals surface area contributed by atoms with Gasteiger partial charge in [-0.15, -0.1) is 0 Å². The molecule has 2 aromatic rings. The highest BCUT2D eigenvalue weighted by Crippen LogP contribution is 2.19. The summed E-state index contributed by atoms with van der Waals surface area (Å²) in [6, 6.07) is 12.9. The molecule has 0 bridgehead atoms. The smallest absolute Gasteiger partial charge is 0.220 e. The summed E-state index contributed by atoms with van der Waals surface area (Å²) in [6.45, 7) is 5.72. The van der Waals surface area contributed by atoms with E-state index in [0.29, 0.717) is 31.5 Å². The van der Waals surface area contributed by atoms with Gasteiger partial charge < -0.3 is 10.1 Å². The van der Waals surface area contributed by atoms with Gasteiger partial charge in [-0.05, 0) is 54.0 Å². The SMILES string of the molecule is CC(C)c1ccc(CCCC(=O)NC2COCC2Cc2ccncc2)cc1. The van der Waals surface area contributed by atoms with Crippen LogP contribution in [0.2, 0.25) is 0 Å². The van der Waals surface area contributed by atoms with Crippen molar-refractivity contribution >= 4 is 5.91 Å². The zero-order chi connectivity index (χ0) is 19.1. The summed E-state index contributed by atoms with van der Waals surface area (Å²) in [5.74, 6) is 1.02. The molecule has 0 saturated carbocycles. The molecule has 2 heterocycles. The number of nitrogens with zero attached hydrogens (tertiary/aromatic N) is 1. The third-order valence-electron chi connectivity index (χ3n) is 5.31. The fraction of sp³-hybridized carbons (Fsp3) is 0.478. The van der Waals surface area contributed by atoms with Crippen LogP contribution in [0.1, 0.15) is 49.3 Å². The minimum Gasteiger partial charge on any atom is -0.379 e. The van der Waals surface area contributed by atoms with Crippen molar-refractivity contribution in [2.75, 3.05) is 13.2 Å². The van der Waals surface area contributed by atoms with Crippen LogP contribution in [-0.4, -0.2) is 30.1 Å². The van der Waals surface area contributed by atoms with Gasteiger partial charge in [0.2, 0.25) is 5.91 Å². The van der Waals surface area contributed by atoms with Gasteiger partial charge in [-0.25, -0.2) is 0 Å². The van der Waals surface area contributed by atoms with Crippen LogP contribution in [0.5, 0.6) is 0 Å². The lowest BCUT2D eigenvalue weighted by atomic mass is 9.95. The summed E-state index contributed by atoms with van der Waals surface area (Å²) < 4.78 is 5.62. The zero-order valence-corrected chi connectivity index (χ0v) is 16.4. The lowest BCUT2D eigenvalue weighted by molar-refractivity contribution is -0.122. The quantitative estimate of drug-likeness (QED) is 0.771. The molecule has 0 radical (unpaired) electrons. The Balaban J connectivity index is 1.41. The highest BCUT2D eigenvalue weighted by Gasteiger charge is 2.29. The van der Waals surface area contributed by atoms with Gasteiger partial charge >= 0.3 is 0 Å². The van der Waals surface area contributed by atoms with Crippen molar-refractivity contribution in [3.8, 4) is 0 Å². The number of hydrogen-bond acceptors (Lipinski definition) is 3. The first-order valence-corrected chi connectivity index (χ1v) is 9.96. The first-order chi connectivity index (χ1) is 13.1. The zero-order valence-electron chi connectivity index (χ0n) is 16.4. The number of aromatic nitrogens is 1. The van der Waals surface area contributed by atoms with E-state index < -0.39 is 0 Å². The first kappa shape index (κ1) is 19.6. The molecule has 4 nitrogen and oxygen atoms in total. The number of benzene rings is 1. The van der Waals surface area contributed by atoms with E-state index >= 15 is 0 Å². The highest BCUT2D eigenvalue weighted by atomic mass is 16.5. The third kappa shape index (κ3) is 5.90. The fourth-order valence-electron chi connectivity index (χ4n) is 3.58. The highest BCUT2D eigenvalue weighted by molar-refractivity contribution is 5.76. The van der Waals surface area contributed by atoms with E-state index in [1.165, 1.54) is 16.7 Å². The molecule has 144 valence electrons. The van der Waals surface area contributed by atoms with Crippen LogP contribution in [0.4, 0.5) is 0 Å². The Bertz CT molecular complexity index is 713. The molecular formula is C23H30N2O2. The molecule has 2 unspecified atom stereocenters. The van der Waals surface area contributed by atoms with Crippen LogP contribution in [0, 0.1) is 5.92 Å². The van der Waals surface area contributed by atoms with Gasteiger partial charge in [0.05, 0.1) is 19.3 Å². The van der Waals surface area contributed by atoms with E-state index in [4.69, 9.17) is 4.74 Å². The molecule has 1 aliphatic heterocycles. The molecular weight excluding hydrogens is 336 g/mol. The number of hydrogen-bond donors (Lipinski definition) is 1. The van der Waals surface area contributed by atoms with Gasteiger partial charge in [0.1, 0.15) is 0 Å². The third-order valence-corrected chi connectivity index (χ3v) is 5.31. The van der Waals surface area contributed by atoms with Gasteiger partial charge in [-0.2, -0.15) is 0 Å². The van der Waals surface area contributed by atoms with Crippen molar-refractivity contribution in [1.29, 1.82) is 0 Å². The summed E-state index contributed by atoms with van der Waals surface area (Å²) >= 11 is 0. The Morgan fingerprint density at radius 2 is 1.85 bits per heavy atom. The molecule has 2 atom stereocenters. The molecule has 1 N–H and O–H groups in total. The second-order valence-corrected chi connectivity index (χ2v) is 7.78. The van der Waals surface area contributed by atoms with Crippen molar-refractivity contribution in [3.63, 3.8) is 0 Å². The number of ether oxygens (including phenoxy) is 1. The fourth-order valence-corrected chi connectivity index (χ4v) is 3.58. The maximum Gasteiger partial charge on any atom is 0.220 e. The Hall–Kier alpha value is -2.20. The van der Waals surface area contributed by atoms with Crippen LogP contribution >= 0.6 is 0 Å². The van der Waals surface area contributed by atoms with Crippen molar-refractivity contribution in [3.05, 3.63) is 65.5 Å². The average molecular weight is 367 g/mol. The second-order valence-electron chi connectivity index (χ2n) is 7.78. The minimum atomic E-state index is 0.107. The second kappa shape index (κ2) is 9.65. The van der Waals surface area contributed by atoms with Crippen molar-refractivity contribution in [2.24, 2.45) is 5.92 Å². The molecule has 0 spiro atoms. The Morgan fingerprint density at radius 1 is 1.11 bits per heavy atom. The summed E-state index contributed by atoms with van der Waals surface area (Å²) in [5.41, 5.74) is 3.90. The average Bonchev–Trinajstić information content (AvgIpc) is 3.09. The van der Waals surface area contributed by atoms with E-state index in [9.17, 15) is 4.79 Å². The summed E-state index contributed by atoms with van der Waals surface area (Å²) in [7, 11) is 0.